The van der Waals surface area contributed by atoms with Crippen LogP contribution in [0.5, 0.6) is 11.5 Å². The van der Waals surface area contributed by atoms with E-state index in [4.69, 9.17) is 4.74 Å². The molecule has 180 valence electrons. The zero-order valence-corrected chi connectivity index (χ0v) is 19.7. The molecule has 0 aliphatic carbocycles. The van der Waals surface area contributed by atoms with Crippen molar-refractivity contribution in [1.82, 2.24) is 0 Å². The summed E-state index contributed by atoms with van der Waals surface area (Å²) >= 11 is 0. The van der Waals surface area contributed by atoms with Crippen molar-refractivity contribution < 1.29 is 24.5 Å². The van der Waals surface area contributed by atoms with Gasteiger partial charge in [0.15, 0.2) is 0 Å². The third-order valence-electron chi connectivity index (χ3n) is 6.16. The number of aromatic hydroxyl groups is 2. The maximum Gasteiger partial charge on any atom is 0.313 e. The first-order valence-corrected chi connectivity index (χ1v) is 11.5. The quantitative estimate of drug-likeness (QED) is 0.208. The largest absolute Gasteiger partial charge is 0.507 e. The second-order valence-electron chi connectivity index (χ2n) is 8.36. The highest BCUT2D eigenvalue weighted by molar-refractivity contribution is 5.93. The van der Waals surface area contributed by atoms with Gasteiger partial charge in [-0.2, -0.15) is 0 Å². The molecule has 0 aromatic heterocycles. The van der Waals surface area contributed by atoms with Crippen molar-refractivity contribution in [3.05, 3.63) is 71.8 Å². The van der Waals surface area contributed by atoms with Crippen LogP contribution in [0.15, 0.2) is 60.7 Å². The van der Waals surface area contributed by atoms with Crippen LogP contribution < -0.4 is 10.6 Å². The number of anilines is 2. The van der Waals surface area contributed by atoms with Gasteiger partial charge in [-0.3, -0.25) is 9.59 Å². The van der Waals surface area contributed by atoms with Crippen LogP contribution in [0.25, 0.3) is 21.5 Å². The highest BCUT2D eigenvalue weighted by atomic mass is 16.6. The second-order valence-corrected chi connectivity index (χ2v) is 8.36. The van der Waals surface area contributed by atoms with Crippen molar-refractivity contribution >= 4 is 44.9 Å². The SMILES string of the molecule is CNc1ccc2ccc(CCC(=O)OC(=O)CCc3ccc4ccc(NC)cc4c3O)c(O)c2c1. The van der Waals surface area contributed by atoms with E-state index in [1.54, 1.807) is 26.2 Å². The van der Waals surface area contributed by atoms with Gasteiger partial charge in [-0.05, 0) is 59.0 Å². The zero-order chi connectivity index (χ0) is 24.9. The van der Waals surface area contributed by atoms with Gasteiger partial charge >= 0.3 is 11.9 Å². The van der Waals surface area contributed by atoms with Gasteiger partial charge in [-0.15, -0.1) is 0 Å². The number of rotatable bonds is 8. The fourth-order valence-electron chi connectivity index (χ4n) is 4.11. The molecule has 0 saturated heterocycles. The molecule has 4 aromatic rings. The number of carbonyl (C=O) groups is 2. The lowest BCUT2D eigenvalue weighted by atomic mass is 10.0. The van der Waals surface area contributed by atoms with Crippen molar-refractivity contribution in [3.63, 3.8) is 0 Å². The van der Waals surface area contributed by atoms with Crippen molar-refractivity contribution in [3.8, 4) is 11.5 Å². The first kappa shape index (κ1) is 23.9. The summed E-state index contributed by atoms with van der Waals surface area (Å²) in [6, 6.07) is 18.7. The summed E-state index contributed by atoms with van der Waals surface area (Å²) in [6.07, 6.45) is 0.420. The number of phenols is 2. The van der Waals surface area contributed by atoms with Crippen molar-refractivity contribution in [2.45, 2.75) is 25.7 Å². The fourth-order valence-corrected chi connectivity index (χ4v) is 4.11. The molecule has 0 amide bonds. The minimum Gasteiger partial charge on any atom is -0.507 e. The van der Waals surface area contributed by atoms with E-state index in [9.17, 15) is 19.8 Å². The highest BCUT2D eigenvalue weighted by Gasteiger charge is 2.15. The van der Waals surface area contributed by atoms with Gasteiger partial charge in [0.05, 0.1) is 12.8 Å². The van der Waals surface area contributed by atoms with E-state index in [1.807, 2.05) is 48.5 Å². The predicted octanol–water partition coefficient (Wildman–Crippen LogP) is 5.12. The molecule has 0 spiro atoms. The van der Waals surface area contributed by atoms with E-state index < -0.39 is 11.9 Å². The van der Waals surface area contributed by atoms with Gasteiger partial charge in [-0.1, -0.05) is 36.4 Å². The molecule has 4 aromatic carbocycles. The van der Waals surface area contributed by atoms with Crippen LogP contribution in [0.1, 0.15) is 24.0 Å². The Balaban J connectivity index is 1.34. The van der Waals surface area contributed by atoms with Gasteiger partial charge in [0.25, 0.3) is 0 Å². The summed E-state index contributed by atoms with van der Waals surface area (Å²) in [4.78, 5) is 24.5. The molecule has 0 fully saturated rings. The Morgan fingerprint density at radius 2 is 1.09 bits per heavy atom. The lowest BCUT2D eigenvalue weighted by Gasteiger charge is -2.10. The molecule has 0 unspecified atom stereocenters. The van der Waals surface area contributed by atoms with Gasteiger partial charge in [0.1, 0.15) is 11.5 Å². The van der Waals surface area contributed by atoms with E-state index in [0.717, 1.165) is 22.1 Å². The number of nitrogens with one attached hydrogen (secondary N) is 2. The minimum absolute atomic E-state index is 0.0372. The topological polar surface area (TPSA) is 108 Å². The monoisotopic (exact) mass is 472 g/mol. The number of hydrogen-bond acceptors (Lipinski definition) is 7. The molecule has 0 heterocycles. The molecule has 0 bridgehead atoms. The van der Waals surface area contributed by atoms with Crippen molar-refractivity contribution in [2.75, 3.05) is 24.7 Å². The van der Waals surface area contributed by atoms with E-state index in [0.29, 0.717) is 21.9 Å². The smallest absolute Gasteiger partial charge is 0.313 e. The van der Waals surface area contributed by atoms with Gasteiger partial charge < -0.3 is 25.6 Å². The Kier molecular flexibility index (Phi) is 7.06. The minimum atomic E-state index is -0.653. The molecular formula is C28H28N2O5. The molecule has 0 saturated carbocycles. The number of ether oxygens (including phenoxy) is 1. The van der Waals surface area contributed by atoms with Gasteiger partial charge in [0, 0.05) is 36.2 Å². The fraction of sp³-hybridized carbons (Fsp3) is 0.214. The normalized spacial score (nSPS) is 10.9. The molecule has 0 aliphatic rings. The van der Waals surface area contributed by atoms with E-state index in [2.05, 4.69) is 10.6 Å². The molecular weight excluding hydrogens is 444 g/mol. The summed E-state index contributed by atoms with van der Waals surface area (Å²) in [5.74, 6) is -1.07. The van der Waals surface area contributed by atoms with Crippen LogP contribution in [-0.4, -0.2) is 36.2 Å². The third kappa shape index (κ3) is 5.30. The second kappa shape index (κ2) is 10.3. The van der Waals surface area contributed by atoms with Crippen LogP contribution in [0, 0.1) is 0 Å². The summed E-state index contributed by atoms with van der Waals surface area (Å²) in [5.41, 5.74) is 2.96. The van der Waals surface area contributed by atoms with Crippen LogP contribution >= 0.6 is 0 Å². The number of carbonyl (C=O) groups excluding carboxylic acids is 2. The summed E-state index contributed by atoms with van der Waals surface area (Å²) in [6.45, 7) is 0. The predicted molar refractivity (Wildman–Crippen MR) is 138 cm³/mol. The first-order chi connectivity index (χ1) is 16.9. The lowest BCUT2D eigenvalue weighted by Crippen LogP contribution is -2.13. The summed E-state index contributed by atoms with van der Waals surface area (Å²) in [5, 5.41) is 30.5. The number of phenolic OH excluding ortho intramolecular Hbond substituents is 2. The molecule has 0 radical (unpaired) electrons. The Hall–Kier alpha value is -4.26. The zero-order valence-electron chi connectivity index (χ0n) is 19.7. The maximum absolute atomic E-state index is 12.2. The molecule has 0 atom stereocenters. The molecule has 0 aliphatic heterocycles. The molecule has 7 heteroatoms. The maximum atomic E-state index is 12.2. The third-order valence-corrected chi connectivity index (χ3v) is 6.16. The van der Waals surface area contributed by atoms with Crippen LogP contribution in [-0.2, 0) is 27.2 Å². The molecule has 4 N–H and O–H groups in total. The average Bonchev–Trinajstić information content (AvgIpc) is 2.87. The lowest BCUT2D eigenvalue weighted by molar-refractivity contribution is -0.159. The average molecular weight is 473 g/mol. The van der Waals surface area contributed by atoms with Crippen LogP contribution in [0.2, 0.25) is 0 Å². The summed E-state index contributed by atoms with van der Waals surface area (Å²) < 4.78 is 4.96. The first-order valence-electron chi connectivity index (χ1n) is 11.5. The number of fused-ring (bicyclic) bond motifs is 2. The standard InChI is InChI=1S/C28H28N2O5/c1-29-21-11-7-17-3-5-19(27(33)23(17)15-21)9-13-25(31)35-26(32)14-10-20-6-4-18-8-12-22(30-2)16-24(18)28(20)34/h3-8,11-12,15-16,29-30,33-34H,9-10,13-14H2,1-2H3. The highest BCUT2D eigenvalue weighted by Crippen LogP contribution is 2.33. The van der Waals surface area contributed by atoms with Crippen LogP contribution in [0.4, 0.5) is 11.4 Å². The van der Waals surface area contributed by atoms with Gasteiger partial charge in [0.2, 0.25) is 0 Å². The summed E-state index contributed by atoms with van der Waals surface area (Å²) in [7, 11) is 3.60. The Morgan fingerprint density at radius 1 is 0.686 bits per heavy atom. The molecule has 35 heavy (non-hydrogen) atoms. The van der Waals surface area contributed by atoms with E-state index in [-0.39, 0.29) is 37.2 Å². The number of aryl methyl sites for hydroxylation is 2. The van der Waals surface area contributed by atoms with Crippen molar-refractivity contribution in [1.29, 1.82) is 0 Å². The van der Waals surface area contributed by atoms with Gasteiger partial charge in [-0.25, -0.2) is 0 Å². The van der Waals surface area contributed by atoms with Crippen LogP contribution in [0.3, 0.4) is 0 Å². The van der Waals surface area contributed by atoms with Crippen molar-refractivity contribution in [2.24, 2.45) is 0 Å². The molecule has 7 nitrogen and oxygen atoms in total. The Bertz CT molecular complexity index is 1310. The molecule has 4 rings (SSSR count). The Morgan fingerprint density at radius 3 is 1.49 bits per heavy atom. The van der Waals surface area contributed by atoms with E-state index >= 15 is 0 Å². The Labute approximate surface area is 203 Å². The number of esters is 2. The van der Waals surface area contributed by atoms with E-state index in [1.165, 1.54) is 0 Å². The number of benzene rings is 4. The number of hydrogen-bond donors (Lipinski definition) is 4.